The van der Waals surface area contributed by atoms with Crippen LogP contribution in [-0.2, 0) is 10.0 Å². The van der Waals surface area contributed by atoms with Crippen LogP contribution in [0, 0.1) is 0 Å². The summed E-state index contributed by atoms with van der Waals surface area (Å²) in [7, 11) is -2.53. The number of methoxy groups -OCH3 is 1. The lowest BCUT2D eigenvalue weighted by Crippen LogP contribution is -2.22. The molecule has 0 aliphatic rings. The minimum atomic E-state index is -3.97. The van der Waals surface area contributed by atoms with Gasteiger partial charge >= 0.3 is 0 Å². The first-order valence-electron chi connectivity index (χ1n) is 8.22. The van der Waals surface area contributed by atoms with Gasteiger partial charge in [0.05, 0.1) is 23.7 Å². The average molecular weight is 396 g/mol. The number of sulfonamides is 1. The van der Waals surface area contributed by atoms with Crippen molar-refractivity contribution in [2.45, 2.75) is 4.90 Å². The molecule has 7 nitrogen and oxygen atoms in total. The van der Waals surface area contributed by atoms with Gasteiger partial charge in [-0.25, -0.2) is 8.42 Å². The topological polar surface area (TPSA) is 109 Å². The van der Waals surface area contributed by atoms with Crippen molar-refractivity contribution in [2.24, 2.45) is 0 Å². The van der Waals surface area contributed by atoms with E-state index in [2.05, 4.69) is 4.72 Å². The molecule has 0 radical (unpaired) electrons. The standard InChI is InChI=1S/C20H15NO6S/c1-26-19-10-15-14-4-2-3-5-17(14)27-18(15)11-16(19)21-28(24,25)13-8-6-12(7-9-13)20(22)23/h2-11,21H,1H3,(H,22,23)/p-1. The SMILES string of the molecule is COc1cc2c(cc1NS(=O)(=O)c1ccc(C(=O)[O-])cc1)oc1ccccc12. The lowest BCUT2D eigenvalue weighted by molar-refractivity contribution is -0.255. The molecule has 0 unspecified atom stereocenters. The number of hydrogen-bond donors (Lipinski definition) is 1. The number of fused-ring (bicyclic) bond motifs is 3. The maximum atomic E-state index is 12.7. The molecule has 28 heavy (non-hydrogen) atoms. The number of ether oxygens (including phenoxy) is 1. The molecule has 0 aliphatic carbocycles. The summed E-state index contributed by atoms with van der Waals surface area (Å²) in [5, 5.41) is 12.5. The number of aromatic carboxylic acids is 1. The Bertz CT molecular complexity index is 1310. The second-order valence-corrected chi connectivity index (χ2v) is 7.75. The Balaban J connectivity index is 1.77. The highest BCUT2D eigenvalue weighted by Gasteiger charge is 2.19. The van der Waals surface area contributed by atoms with E-state index in [1.165, 1.54) is 31.4 Å². The quantitative estimate of drug-likeness (QED) is 0.556. The van der Waals surface area contributed by atoms with E-state index in [0.29, 0.717) is 16.9 Å². The second-order valence-electron chi connectivity index (χ2n) is 6.06. The molecule has 4 rings (SSSR count). The number of para-hydroxylation sites is 1. The first kappa shape index (κ1) is 17.9. The van der Waals surface area contributed by atoms with E-state index in [4.69, 9.17) is 9.15 Å². The molecule has 0 aliphatic heterocycles. The van der Waals surface area contributed by atoms with Crippen LogP contribution in [0.15, 0.2) is 70.0 Å². The highest BCUT2D eigenvalue weighted by molar-refractivity contribution is 7.92. The summed E-state index contributed by atoms with van der Waals surface area (Å²) >= 11 is 0. The van der Waals surface area contributed by atoms with Crippen LogP contribution in [-0.4, -0.2) is 21.5 Å². The molecule has 1 N–H and O–H groups in total. The molecule has 0 saturated carbocycles. The van der Waals surface area contributed by atoms with Crippen LogP contribution in [0.1, 0.15) is 10.4 Å². The fourth-order valence-electron chi connectivity index (χ4n) is 2.97. The molecule has 1 heterocycles. The number of hydrogen-bond acceptors (Lipinski definition) is 6. The molecule has 1 aromatic heterocycles. The van der Waals surface area contributed by atoms with Gasteiger partial charge in [-0.1, -0.05) is 30.3 Å². The molecular formula is C20H14NO6S-. The van der Waals surface area contributed by atoms with Crippen LogP contribution in [0.2, 0.25) is 0 Å². The Morgan fingerprint density at radius 2 is 1.71 bits per heavy atom. The number of anilines is 1. The van der Waals surface area contributed by atoms with E-state index in [0.717, 1.165) is 10.8 Å². The number of carbonyl (C=O) groups is 1. The normalized spacial score (nSPS) is 11.6. The molecule has 0 spiro atoms. The van der Waals surface area contributed by atoms with Crippen molar-refractivity contribution in [3.8, 4) is 5.75 Å². The van der Waals surface area contributed by atoms with Crippen molar-refractivity contribution in [3.05, 3.63) is 66.2 Å². The fraction of sp³-hybridized carbons (Fsp3) is 0.0500. The van der Waals surface area contributed by atoms with Gasteiger partial charge in [0.15, 0.2) is 0 Å². The van der Waals surface area contributed by atoms with E-state index in [1.54, 1.807) is 12.1 Å². The molecule has 0 bridgehead atoms. The number of carboxylic acid groups (broad SMARTS) is 1. The van der Waals surface area contributed by atoms with Crippen LogP contribution in [0.25, 0.3) is 21.9 Å². The molecule has 0 saturated heterocycles. The van der Waals surface area contributed by atoms with Gasteiger partial charge in [0.2, 0.25) is 0 Å². The first-order chi connectivity index (χ1) is 13.4. The van der Waals surface area contributed by atoms with Crippen LogP contribution in [0.3, 0.4) is 0 Å². The Hall–Kier alpha value is -3.52. The summed E-state index contributed by atoms with van der Waals surface area (Å²) in [5.74, 6) is -1.05. The van der Waals surface area contributed by atoms with Gasteiger partial charge in [-0.3, -0.25) is 4.72 Å². The Kier molecular flexibility index (Phi) is 4.20. The molecule has 4 aromatic rings. The third-order valence-corrected chi connectivity index (χ3v) is 5.72. The summed E-state index contributed by atoms with van der Waals surface area (Å²) in [4.78, 5) is 10.7. The zero-order valence-corrected chi connectivity index (χ0v) is 15.4. The fourth-order valence-corrected chi connectivity index (χ4v) is 4.04. The van der Waals surface area contributed by atoms with Crippen molar-refractivity contribution >= 4 is 43.6 Å². The Morgan fingerprint density at radius 3 is 2.39 bits per heavy atom. The number of nitrogens with one attached hydrogen (secondary N) is 1. The molecular weight excluding hydrogens is 382 g/mol. The highest BCUT2D eigenvalue weighted by Crippen LogP contribution is 2.37. The van der Waals surface area contributed by atoms with Gasteiger partial charge in [-0.15, -0.1) is 0 Å². The summed E-state index contributed by atoms with van der Waals surface area (Å²) in [6.45, 7) is 0. The smallest absolute Gasteiger partial charge is 0.262 e. The van der Waals surface area contributed by atoms with Crippen molar-refractivity contribution in [3.63, 3.8) is 0 Å². The number of benzene rings is 3. The van der Waals surface area contributed by atoms with Crippen LogP contribution < -0.4 is 14.6 Å². The predicted molar refractivity (Wildman–Crippen MR) is 102 cm³/mol. The predicted octanol–water partition coefficient (Wildman–Crippen LogP) is 2.76. The van der Waals surface area contributed by atoms with Gasteiger partial charge in [-0.2, -0.15) is 0 Å². The Morgan fingerprint density at radius 1 is 1.00 bits per heavy atom. The maximum absolute atomic E-state index is 12.7. The van der Waals surface area contributed by atoms with E-state index in [9.17, 15) is 18.3 Å². The molecule has 142 valence electrons. The highest BCUT2D eigenvalue weighted by atomic mass is 32.2. The molecule has 0 atom stereocenters. The summed E-state index contributed by atoms with van der Waals surface area (Å²) in [6, 6.07) is 15.5. The molecule has 3 aromatic carbocycles. The molecule has 0 fully saturated rings. The maximum Gasteiger partial charge on any atom is 0.262 e. The van der Waals surface area contributed by atoms with Gasteiger partial charge in [0, 0.05) is 16.8 Å². The zero-order chi connectivity index (χ0) is 19.9. The third kappa shape index (κ3) is 3.03. The minimum absolute atomic E-state index is 0.0933. The molecule has 0 amide bonds. The third-order valence-electron chi connectivity index (χ3n) is 4.34. The lowest BCUT2D eigenvalue weighted by atomic mass is 10.1. The summed E-state index contributed by atoms with van der Waals surface area (Å²) < 4.78 is 39.0. The first-order valence-corrected chi connectivity index (χ1v) is 9.71. The van der Waals surface area contributed by atoms with Crippen molar-refractivity contribution in [1.82, 2.24) is 0 Å². The Labute approximate surface area is 160 Å². The van der Waals surface area contributed by atoms with E-state index in [1.807, 2.05) is 24.3 Å². The van der Waals surface area contributed by atoms with Crippen LogP contribution >= 0.6 is 0 Å². The van der Waals surface area contributed by atoms with Crippen molar-refractivity contribution in [2.75, 3.05) is 11.8 Å². The average Bonchev–Trinajstić information content (AvgIpc) is 3.04. The zero-order valence-electron chi connectivity index (χ0n) is 14.6. The van der Waals surface area contributed by atoms with Gasteiger partial charge in [-0.05, 0) is 29.8 Å². The lowest BCUT2D eigenvalue weighted by Gasteiger charge is -2.12. The minimum Gasteiger partial charge on any atom is -0.545 e. The van der Waals surface area contributed by atoms with E-state index in [-0.39, 0.29) is 16.1 Å². The number of carboxylic acids is 1. The summed E-state index contributed by atoms with van der Waals surface area (Å²) in [6.07, 6.45) is 0. The van der Waals surface area contributed by atoms with Crippen molar-refractivity contribution < 1.29 is 27.5 Å². The number of rotatable bonds is 5. The number of carbonyl (C=O) groups excluding carboxylic acids is 1. The van der Waals surface area contributed by atoms with Gasteiger partial charge < -0.3 is 19.1 Å². The monoisotopic (exact) mass is 396 g/mol. The largest absolute Gasteiger partial charge is 0.545 e. The van der Waals surface area contributed by atoms with Crippen molar-refractivity contribution in [1.29, 1.82) is 0 Å². The summed E-state index contributed by atoms with van der Waals surface area (Å²) in [5.41, 5.74) is 1.28. The van der Waals surface area contributed by atoms with E-state index < -0.39 is 16.0 Å². The van der Waals surface area contributed by atoms with Crippen LogP contribution in [0.4, 0.5) is 5.69 Å². The number of furan rings is 1. The molecule has 8 heteroatoms. The van der Waals surface area contributed by atoms with Gasteiger partial charge in [0.25, 0.3) is 10.0 Å². The van der Waals surface area contributed by atoms with Gasteiger partial charge in [0.1, 0.15) is 16.9 Å². The van der Waals surface area contributed by atoms with E-state index >= 15 is 0 Å². The second kappa shape index (κ2) is 6.58. The van der Waals surface area contributed by atoms with Crippen LogP contribution in [0.5, 0.6) is 5.75 Å².